The molecule has 2 aromatic rings. The van der Waals surface area contributed by atoms with E-state index >= 15 is 0 Å². The zero-order chi connectivity index (χ0) is 13.0. The Hall–Kier alpha value is -2.16. The van der Waals surface area contributed by atoms with Crippen LogP contribution in [-0.4, -0.2) is 5.91 Å². The summed E-state index contributed by atoms with van der Waals surface area (Å²) in [6, 6.07) is 13.8. The highest BCUT2D eigenvalue weighted by molar-refractivity contribution is 5.92. The van der Waals surface area contributed by atoms with Crippen LogP contribution in [-0.2, 0) is 11.2 Å². The Kier molecular flexibility index (Phi) is 3.72. The zero-order valence-corrected chi connectivity index (χ0v) is 10.1. The van der Waals surface area contributed by atoms with E-state index in [1.807, 2.05) is 31.2 Å². The number of anilines is 1. The molecule has 2 nitrogen and oxygen atoms in total. The highest BCUT2D eigenvalue weighted by Crippen LogP contribution is 2.14. The van der Waals surface area contributed by atoms with Gasteiger partial charge in [-0.25, -0.2) is 4.39 Å². The monoisotopic (exact) mass is 243 g/mol. The molecule has 0 aliphatic heterocycles. The molecule has 0 aromatic heterocycles. The summed E-state index contributed by atoms with van der Waals surface area (Å²) in [7, 11) is 0. The van der Waals surface area contributed by atoms with Crippen molar-refractivity contribution in [3.63, 3.8) is 0 Å². The lowest BCUT2D eigenvalue weighted by atomic mass is 10.1. The minimum atomic E-state index is -0.421. The van der Waals surface area contributed by atoms with Crippen molar-refractivity contribution in [3.8, 4) is 0 Å². The first-order chi connectivity index (χ1) is 8.66. The van der Waals surface area contributed by atoms with Gasteiger partial charge >= 0.3 is 0 Å². The second-order valence-electron chi connectivity index (χ2n) is 4.13. The number of para-hydroxylation sites is 1. The standard InChI is InChI=1S/C15H14FNO/c1-11-6-2-3-7-12(11)10-15(18)17-14-9-5-4-8-13(14)16/h2-9H,10H2,1H3,(H,17,18). The minimum absolute atomic E-state index is 0.214. The van der Waals surface area contributed by atoms with E-state index in [-0.39, 0.29) is 18.0 Å². The minimum Gasteiger partial charge on any atom is -0.323 e. The fraction of sp³-hybridized carbons (Fsp3) is 0.133. The first-order valence-corrected chi connectivity index (χ1v) is 5.75. The number of aryl methyl sites for hydroxylation is 1. The lowest BCUT2D eigenvalue weighted by Crippen LogP contribution is -2.15. The predicted octanol–water partition coefficient (Wildman–Crippen LogP) is 3.32. The molecular formula is C15H14FNO. The molecule has 92 valence electrons. The molecule has 0 saturated heterocycles. The number of nitrogens with one attached hydrogen (secondary N) is 1. The van der Waals surface area contributed by atoms with Gasteiger partial charge in [-0.15, -0.1) is 0 Å². The lowest BCUT2D eigenvalue weighted by molar-refractivity contribution is -0.115. The SMILES string of the molecule is Cc1ccccc1CC(=O)Nc1ccccc1F. The average Bonchev–Trinajstić information content (AvgIpc) is 2.35. The van der Waals surface area contributed by atoms with Crippen LogP contribution in [0.25, 0.3) is 0 Å². The van der Waals surface area contributed by atoms with Crippen molar-refractivity contribution in [2.45, 2.75) is 13.3 Å². The maximum absolute atomic E-state index is 13.4. The summed E-state index contributed by atoms with van der Waals surface area (Å²) in [5, 5.41) is 2.57. The largest absolute Gasteiger partial charge is 0.323 e. The Morgan fingerprint density at radius 2 is 1.78 bits per heavy atom. The molecule has 0 spiro atoms. The van der Waals surface area contributed by atoms with E-state index in [1.165, 1.54) is 6.07 Å². The van der Waals surface area contributed by atoms with Gasteiger partial charge in [-0.2, -0.15) is 0 Å². The van der Waals surface area contributed by atoms with Crippen LogP contribution in [0.3, 0.4) is 0 Å². The topological polar surface area (TPSA) is 29.1 Å². The Bertz CT molecular complexity index is 516. The zero-order valence-electron chi connectivity index (χ0n) is 10.1. The summed E-state index contributed by atoms with van der Waals surface area (Å²) in [5.74, 6) is -0.634. The van der Waals surface area contributed by atoms with Crippen molar-refractivity contribution in [1.82, 2.24) is 0 Å². The van der Waals surface area contributed by atoms with Crippen LogP contribution < -0.4 is 5.32 Å². The van der Waals surface area contributed by atoms with Crippen LogP contribution in [0, 0.1) is 12.7 Å². The summed E-state index contributed by atoms with van der Waals surface area (Å²) in [6.07, 6.45) is 0.251. The molecule has 0 atom stereocenters. The van der Waals surface area contributed by atoms with Crippen molar-refractivity contribution in [2.75, 3.05) is 5.32 Å². The molecule has 0 saturated carbocycles. The molecule has 0 unspecified atom stereocenters. The number of hydrogen-bond acceptors (Lipinski definition) is 1. The summed E-state index contributed by atoms with van der Waals surface area (Å²) in [5.41, 5.74) is 2.23. The quantitative estimate of drug-likeness (QED) is 0.880. The molecule has 1 N–H and O–H groups in total. The van der Waals surface area contributed by atoms with E-state index in [2.05, 4.69) is 5.32 Å². The Balaban J connectivity index is 2.06. The molecule has 2 aromatic carbocycles. The molecule has 0 fully saturated rings. The summed E-state index contributed by atoms with van der Waals surface area (Å²) in [4.78, 5) is 11.8. The van der Waals surface area contributed by atoms with Crippen LogP contribution in [0.1, 0.15) is 11.1 Å². The van der Waals surface area contributed by atoms with E-state index in [0.717, 1.165) is 11.1 Å². The van der Waals surface area contributed by atoms with Crippen LogP contribution in [0.4, 0.5) is 10.1 Å². The second kappa shape index (κ2) is 5.45. The number of hydrogen-bond donors (Lipinski definition) is 1. The van der Waals surface area contributed by atoms with Crippen molar-refractivity contribution in [2.24, 2.45) is 0 Å². The van der Waals surface area contributed by atoms with Gasteiger partial charge in [-0.1, -0.05) is 36.4 Å². The molecule has 0 aliphatic rings. The smallest absolute Gasteiger partial charge is 0.228 e. The van der Waals surface area contributed by atoms with Gasteiger partial charge in [0.2, 0.25) is 5.91 Å². The molecule has 0 heterocycles. The summed E-state index contributed by atoms with van der Waals surface area (Å²) in [6.45, 7) is 1.95. The van der Waals surface area contributed by atoms with E-state index in [4.69, 9.17) is 0 Å². The van der Waals surface area contributed by atoms with Gasteiger partial charge in [0.25, 0.3) is 0 Å². The van der Waals surface area contributed by atoms with Gasteiger partial charge in [0, 0.05) is 0 Å². The van der Waals surface area contributed by atoms with Crippen LogP contribution in [0.2, 0.25) is 0 Å². The van der Waals surface area contributed by atoms with Gasteiger partial charge in [0.05, 0.1) is 12.1 Å². The maximum atomic E-state index is 13.4. The summed E-state index contributed by atoms with van der Waals surface area (Å²) >= 11 is 0. The Morgan fingerprint density at radius 1 is 1.11 bits per heavy atom. The average molecular weight is 243 g/mol. The van der Waals surface area contributed by atoms with Crippen molar-refractivity contribution >= 4 is 11.6 Å². The van der Waals surface area contributed by atoms with E-state index < -0.39 is 5.82 Å². The van der Waals surface area contributed by atoms with Gasteiger partial charge in [0.1, 0.15) is 5.82 Å². The third-order valence-corrected chi connectivity index (χ3v) is 2.76. The van der Waals surface area contributed by atoms with Crippen molar-refractivity contribution < 1.29 is 9.18 Å². The number of rotatable bonds is 3. The van der Waals surface area contributed by atoms with Crippen molar-refractivity contribution in [1.29, 1.82) is 0 Å². The first-order valence-electron chi connectivity index (χ1n) is 5.75. The van der Waals surface area contributed by atoms with Gasteiger partial charge < -0.3 is 5.32 Å². The molecule has 3 heteroatoms. The van der Waals surface area contributed by atoms with E-state index in [1.54, 1.807) is 18.2 Å². The van der Waals surface area contributed by atoms with Gasteiger partial charge in [-0.05, 0) is 30.2 Å². The van der Waals surface area contributed by atoms with Gasteiger partial charge in [-0.3, -0.25) is 4.79 Å². The number of halogens is 1. The van der Waals surface area contributed by atoms with Crippen LogP contribution in [0.15, 0.2) is 48.5 Å². The molecule has 0 bridgehead atoms. The number of carbonyl (C=O) groups excluding carboxylic acids is 1. The van der Waals surface area contributed by atoms with Crippen LogP contribution in [0.5, 0.6) is 0 Å². The fourth-order valence-electron chi connectivity index (χ4n) is 1.74. The third kappa shape index (κ3) is 2.94. The highest BCUT2D eigenvalue weighted by Gasteiger charge is 2.08. The predicted molar refractivity (Wildman–Crippen MR) is 69.9 cm³/mol. The number of benzene rings is 2. The number of carbonyl (C=O) groups is 1. The van der Waals surface area contributed by atoms with E-state index in [0.29, 0.717) is 0 Å². The summed E-state index contributed by atoms with van der Waals surface area (Å²) < 4.78 is 13.4. The van der Waals surface area contributed by atoms with E-state index in [9.17, 15) is 9.18 Å². The van der Waals surface area contributed by atoms with Crippen molar-refractivity contribution in [3.05, 3.63) is 65.5 Å². The molecule has 0 aliphatic carbocycles. The fourth-order valence-corrected chi connectivity index (χ4v) is 1.74. The lowest BCUT2D eigenvalue weighted by Gasteiger charge is -2.07. The third-order valence-electron chi connectivity index (χ3n) is 2.76. The first kappa shape index (κ1) is 12.3. The van der Waals surface area contributed by atoms with Crippen LogP contribution >= 0.6 is 0 Å². The van der Waals surface area contributed by atoms with Gasteiger partial charge in [0.15, 0.2) is 0 Å². The number of amides is 1. The highest BCUT2D eigenvalue weighted by atomic mass is 19.1. The molecule has 0 radical (unpaired) electrons. The Morgan fingerprint density at radius 3 is 2.50 bits per heavy atom. The second-order valence-corrected chi connectivity index (χ2v) is 4.13. The maximum Gasteiger partial charge on any atom is 0.228 e. The molecule has 1 amide bonds. The molecular weight excluding hydrogens is 229 g/mol. The normalized spacial score (nSPS) is 10.1. The Labute approximate surface area is 105 Å². The molecule has 18 heavy (non-hydrogen) atoms. The molecule has 2 rings (SSSR count).